The normalized spacial score (nSPS) is 19.8. The highest BCUT2D eigenvalue weighted by Crippen LogP contribution is 2.23. The number of carboxylic acids is 1. The van der Waals surface area contributed by atoms with Crippen LogP contribution in [0.3, 0.4) is 0 Å². The van der Waals surface area contributed by atoms with Crippen LogP contribution in [0.1, 0.15) is 18.2 Å². The molecule has 0 fully saturated rings. The molecule has 0 saturated heterocycles. The summed E-state index contributed by atoms with van der Waals surface area (Å²) < 4.78 is 1.42. The summed E-state index contributed by atoms with van der Waals surface area (Å²) in [5.41, 5.74) is -0.172. The Morgan fingerprint density at radius 3 is 3.15 bits per heavy atom. The van der Waals surface area contributed by atoms with Crippen LogP contribution in [-0.4, -0.2) is 20.6 Å². The van der Waals surface area contributed by atoms with E-state index >= 15 is 0 Å². The van der Waals surface area contributed by atoms with Crippen LogP contribution in [0.25, 0.3) is 0 Å². The van der Waals surface area contributed by atoms with Crippen molar-refractivity contribution in [2.75, 3.05) is 0 Å². The van der Waals surface area contributed by atoms with Gasteiger partial charge in [0.1, 0.15) is 11.7 Å². The lowest BCUT2D eigenvalue weighted by Gasteiger charge is -2.02. The number of aromatic nitrogens is 2. The van der Waals surface area contributed by atoms with Crippen LogP contribution in [0.4, 0.5) is 0 Å². The predicted molar refractivity (Wildman–Crippen MR) is 43.5 cm³/mol. The molecule has 0 radical (unpaired) electrons. The van der Waals surface area contributed by atoms with E-state index in [-0.39, 0.29) is 5.56 Å². The Kier molecular flexibility index (Phi) is 1.65. The summed E-state index contributed by atoms with van der Waals surface area (Å²) in [6, 6.07) is 1.34. The summed E-state index contributed by atoms with van der Waals surface area (Å²) in [7, 11) is 0. The van der Waals surface area contributed by atoms with E-state index in [4.69, 9.17) is 5.11 Å². The third-order valence-electron chi connectivity index (χ3n) is 2.22. The fourth-order valence-corrected chi connectivity index (χ4v) is 1.57. The van der Waals surface area contributed by atoms with Crippen LogP contribution >= 0.6 is 0 Å². The van der Waals surface area contributed by atoms with Gasteiger partial charge in [0, 0.05) is 18.8 Å². The standard InChI is InChI=1S/C8H8N2O3/c11-6-1-3-9-7-5(8(12)13)2-4-10(6)7/h1,3,5H,2,4H2,(H,12,13)/t5-/m0/s1. The molecule has 68 valence electrons. The molecule has 0 aromatic carbocycles. The fourth-order valence-electron chi connectivity index (χ4n) is 1.57. The van der Waals surface area contributed by atoms with E-state index < -0.39 is 11.9 Å². The summed E-state index contributed by atoms with van der Waals surface area (Å²) in [4.78, 5) is 25.8. The Labute approximate surface area is 73.7 Å². The average molecular weight is 180 g/mol. The van der Waals surface area contributed by atoms with Crippen molar-refractivity contribution in [2.24, 2.45) is 0 Å². The number of nitrogens with zero attached hydrogens (tertiary/aromatic N) is 2. The molecular formula is C8H8N2O3. The maximum atomic E-state index is 11.2. The van der Waals surface area contributed by atoms with Crippen LogP contribution in [0.2, 0.25) is 0 Å². The summed E-state index contributed by atoms with van der Waals surface area (Å²) >= 11 is 0. The molecule has 1 aromatic heterocycles. The van der Waals surface area contributed by atoms with Crippen LogP contribution in [0, 0.1) is 0 Å². The number of fused-ring (bicyclic) bond motifs is 1. The number of carboxylic acid groups (broad SMARTS) is 1. The molecule has 1 aliphatic heterocycles. The van der Waals surface area contributed by atoms with Crippen molar-refractivity contribution in [2.45, 2.75) is 18.9 Å². The van der Waals surface area contributed by atoms with Gasteiger partial charge >= 0.3 is 5.97 Å². The van der Waals surface area contributed by atoms with Gasteiger partial charge in [-0.2, -0.15) is 0 Å². The van der Waals surface area contributed by atoms with Crippen molar-refractivity contribution in [1.29, 1.82) is 0 Å². The van der Waals surface area contributed by atoms with E-state index in [1.807, 2.05) is 0 Å². The van der Waals surface area contributed by atoms with E-state index in [0.29, 0.717) is 18.8 Å². The lowest BCUT2D eigenvalue weighted by Crippen LogP contribution is -2.20. The Hall–Kier alpha value is -1.65. The van der Waals surface area contributed by atoms with Crippen molar-refractivity contribution >= 4 is 5.97 Å². The maximum absolute atomic E-state index is 11.2. The van der Waals surface area contributed by atoms with E-state index in [2.05, 4.69) is 4.98 Å². The van der Waals surface area contributed by atoms with Gasteiger partial charge in [0.25, 0.3) is 5.56 Å². The van der Waals surface area contributed by atoms with E-state index in [0.717, 1.165) is 0 Å². The summed E-state index contributed by atoms with van der Waals surface area (Å²) in [6.45, 7) is 0.457. The molecule has 13 heavy (non-hydrogen) atoms. The molecule has 2 heterocycles. The van der Waals surface area contributed by atoms with Gasteiger partial charge in [-0.3, -0.25) is 14.2 Å². The van der Waals surface area contributed by atoms with Crippen molar-refractivity contribution in [1.82, 2.24) is 9.55 Å². The van der Waals surface area contributed by atoms with Gasteiger partial charge in [-0.15, -0.1) is 0 Å². The van der Waals surface area contributed by atoms with E-state index in [1.165, 1.54) is 16.8 Å². The molecule has 1 atom stereocenters. The van der Waals surface area contributed by atoms with Crippen LogP contribution in [0.5, 0.6) is 0 Å². The van der Waals surface area contributed by atoms with Gasteiger partial charge in [0.15, 0.2) is 0 Å². The number of carbonyl (C=O) groups is 1. The molecule has 0 spiro atoms. The summed E-state index contributed by atoms with van der Waals surface area (Å²) in [5.74, 6) is -1.15. The zero-order valence-electron chi connectivity index (χ0n) is 6.80. The molecule has 0 bridgehead atoms. The third kappa shape index (κ3) is 1.12. The number of aliphatic carboxylic acids is 1. The summed E-state index contributed by atoms with van der Waals surface area (Å²) in [5, 5.41) is 8.80. The van der Waals surface area contributed by atoms with Gasteiger partial charge in [-0.05, 0) is 6.42 Å². The SMILES string of the molecule is O=C(O)[C@H]1CCn2c1nccc2=O. The molecule has 5 nitrogen and oxygen atoms in total. The second-order valence-electron chi connectivity index (χ2n) is 2.97. The summed E-state index contributed by atoms with van der Waals surface area (Å²) in [6.07, 6.45) is 1.82. The van der Waals surface area contributed by atoms with Gasteiger partial charge < -0.3 is 5.11 Å². The molecule has 0 unspecified atom stereocenters. The van der Waals surface area contributed by atoms with Crippen LogP contribution < -0.4 is 5.56 Å². The minimum atomic E-state index is -0.913. The Morgan fingerprint density at radius 1 is 1.69 bits per heavy atom. The zero-order chi connectivity index (χ0) is 9.42. The highest BCUT2D eigenvalue weighted by Gasteiger charge is 2.30. The van der Waals surface area contributed by atoms with Crippen molar-refractivity contribution in [3.8, 4) is 0 Å². The highest BCUT2D eigenvalue weighted by molar-refractivity contribution is 5.75. The molecule has 0 saturated carbocycles. The fraction of sp³-hybridized carbons (Fsp3) is 0.375. The van der Waals surface area contributed by atoms with Crippen molar-refractivity contribution in [3.05, 3.63) is 28.4 Å². The second-order valence-corrected chi connectivity index (χ2v) is 2.97. The van der Waals surface area contributed by atoms with Gasteiger partial charge in [0.05, 0.1) is 0 Å². The second kappa shape index (κ2) is 2.69. The van der Waals surface area contributed by atoms with Crippen LogP contribution in [0.15, 0.2) is 17.1 Å². The molecule has 1 aromatic rings. The van der Waals surface area contributed by atoms with Crippen LogP contribution in [-0.2, 0) is 11.3 Å². The first-order chi connectivity index (χ1) is 6.20. The maximum Gasteiger partial charge on any atom is 0.314 e. The molecule has 0 amide bonds. The molecule has 5 heteroatoms. The van der Waals surface area contributed by atoms with E-state index in [1.54, 1.807) is 0 Å². The minimum absolute atomic E-state index is 0.172. The lowest BCUT2D eigenvalue weighted by molar-refractivity contribution is -0.138. The molecule has 2 rings (SSSR count). The van der Waals surface area contributed by atoms with Gasteiger partial charge in [-0.25, -0.2) is 4.98 Å². The molecule has 1 N–H and O–H groups in total. The zero-order valence-corrected chi connectivity index (χ0v) is 6.80. The first-order valence-corrected chi connectivity index (χ1v) is 3.98. The number of hydrogen-bond acceptors (Lipinski definition) is 3. The third-order valence-corrected chi connectivity index (χ3v) is 2.22. The number of hydrogen-bond donors (Lipinski definition) is 1. The minimum Gasteiger partial charge on any atom is -0.481 e. The largest absolute Gasteiger partial charge is 0.481 e. The predicted octanol–water partition coefficient (Wildman–Crippen LogP) is -0.185. The first-order valence-electron chi connectivity index (χ1n) is 3.98. The Bertz CT molecular complexity index is 410. The smallest absolute Gasteiger partial charge is 0.314 e. The average Bonchev–Trinajstić information content (AvgIpc) is 2.48. The van der Waals surface area contributed by atoms with Crippen molar-refractivity contribution in [3.63, 3.8) is 0 Å². The number of rotatable bonds is 1. The molecular weight excluding hydrogens is 172 g/mol. The quantitative estimate of drug-likeness (QED) is 0.650. The van der Waals surface area contributed by atoms with Gasteiger partial charge in [-0.1, -0.05) is 0 Å². The monoisotopic (exact) mass is 180 g/mol. The lowest BCUT2D eigenvalue weighted by atomic mass is 10.1. The van der Waals surface area contributed by atoms with E-state index in [9.17, 15) is 9.59 Å². The topological polar surface area (TPSA) is 72.2 Å². The van der Waals surface area contributed by atoms with Crippen molar-refractivity contribution < 1.29 is 9.90 Å². The molecule has 0 aliphatic carbocycles. The molecule has 1 aliphatic rings. The Morgan fingerprint density at radius 2 is 2.46 bits per heavy atom. The first kappa shape index (κ1) is 7.97. The highest BCUT2D eigenvalue weighted by atomic mass is 16.4. The Balaban J connectivity index is 2.55. The van der Waals surface area contributed by atoms with Gasteiger partial charge in [0.2, 0.25) is 0 Å².